The minimum absolute atomic E-state index is 0.0540. The van der Waals surface area contributed by atoms with E-state index in [4.69, 9.17) is 0 Å². The minimum atomic E-state index is -0.368. The standard InChI is InChI=1S/C12H12N2O2S/c1-8-6-9(2)14(12(16)13-8)7-10(15)11-4-3-5-17-11/h3-6H,7H2,1-2H3. The van der Waals surface area contributed by atoms with Crippen molar-refractivity contribution in [3.63, 3.8) is 0 Å². The Labute approximate surface area is 103 Å². The second-order valence-electron chi connectivity index (χ2n) is 3.81. The summed E-state index contributed by atoms with van der Waals surface area (Å²) in [5.41, 5.74) is 1.06. The van der Waals surface area contributed by atoms with Crippen molar-refractivity contribution in [3.05, 3.63) is 50.3 Å². The molecule has 0 bridgehead atoms. The number of thiophene rings is 1. The average molecular weight is 248 g/mol. The molecule has 0 aliphatic rings. The van der Waals surface area contributed by atoms with Crippen molar-refractivity contribution in [2.75, 3.05) is 0 Å². The van der Waals surface area contributed by atoms with Crippen molar-refractivity contribution in [2.24, 2.45) is 0 Å². The monoisotopic (exact) mass is 248 g/mol. The molecule has 0 fully saturated rings. The molecule has 0 aromatic carbocycles. The summed E-state index contributed by atoms with van der Waals surface area (Å²) in [6.07, 6.45) is 0. The van der Waals surface area contributed by atoms with E-state index < -0.39 is 0 Å². The van der Waals surface area contributed by atoms with E-state index in [1.165, 1.54) is 15.9 Å². The summed E-state index contributed by atoms with van der Waals surface area (Å²) < 4.78 is 1.40. The lowest BCUT2D eigenvalue weighted by Gasteiger charge is -2.07. The third-order valence-corrected chi connectivity index (χ3v) is 3.36. The Kier molecular flexibility index (Phi) is 3.19. The van der Waals surface area contributed by atoms with Gasteiger partial charge in [-0.05, 0) is 31.4 Å². The molecule has 0 saturated heterocycles. The summed E-state index contributed by atoms with van der Waals surface area (Å²) in [6.45, 7) is 3.62. The van der Waals surface area contributed by atoms with E-state index in [0.717, 1.165) is 5.69 Å². The molecule has 0 unspecified atom stereocenters. The molecule has 2 heterocycles. The molecule has 0 aliphatic carbocycles. The lowest BCUT2D eigenvalue weighted by Crippen LogP contribution is -2.28. The van der Waals surface area contributed by atoms with Gasteiger partial charge in [-0.3, -0.25) is 9.36 Å². The average Bonchev–Trinajstić information content (AvgIpc) is 2.76. The quantitative estimate of drug-likeness (QED) is 0.778. The zero-order valence-corrected chi connectivity index (χ0v) is 10.5. The van der Waals surface area contributed by atoms with Crippen LogP contribution in [0.1, 0.15) is 21.1 Å². The number of carbonyl (C=O) groups excluding carboxylic acids is 1. The summed E-state index contributed by atoms with van der Waals surface area (Å²) in [5.74, 6) is -0.0594. The van der Waals surface area contributed by atoms with Crippen molar-refractivity contribution < 1.29 is 4.79 Å². The second-order valence-corrected chi connectivity index (χ2v) is 4.76. The maximum Gasteiger partial charge on any atom is 0.348 e. The van der Waals surface area contributed by atoms with Crippen LogP contribution in [0.25, 0.3) is 0 Å². The van der Waals surface area contributed by atoms with E-state index in [9.17, 15) is 9.59 Å². The first-order chi connectivity index (χ1) is 8.08. The van der Waals surface area contributed by atoms with Gasteiger partial charge in [0, 0.05) is 11.4 Å². The number of Topliss-reactive ketones (excluding diaryl/α,β-unsaturated/α-hetero) is 1. The summed E-state index contributed by atoms with van der Waals surface area (Å²) in [6, 6.07) is 5.37. The van der Waals surface area contributed by atoms with Crippen LogP contribution in [-0.4, -0.2) is 15.3 Å². The number of aryl methyl sites for hydroxylation is 2. The van der Waals surface area contributed by atoms with E-state index in [1.807, 2.05) is 11.4 Å². The highest BCUT2D eigenvalue weighted by Gasteiger charge is 2.11. The Hall–Kier alpha value is -1.75. The molecule has 2 aromatic heterocycles. The Morgan fingerprint density at radius 1 is 1.47 bits per heavy atom. The normalized spacial score (nSPS) is 10.5. The highest BCUT2D eigenvalue weighted by molar-refractivity contribution is 7.12. The van der Waals surface area contributed by atoms with Gasteiger partial charge in [0.25, 0.3) is 0 Å². The van der Waals surface area contributed by atoms with Gasteiger partial charge >= 0.3 is 5.69 Å². The zero-order valence-electron chi connectivity index (χ0n) is 9.64. The Balaban J connectivity index is 2.31. The van der Waals surface area contributed by atoms with E-state index in [-0.39, 0.29) is 18.0 Å². The van der Waals surface area contributed by atoms with E-state index in [2.05, 4.69) is 4.98 Å². The Morgan fingerprint density at radius 2 is 2.24 bits per heavy atom. The lowest BCUT2D eigenvalue weighted by atomic mass is 10.3. The molecular weight excluding hydrogens is 236 g/mol. The smallest absolute Gasteiger partial charge is 0.291 e. The highest BCUT2D eigenvalue weighted by Crippen LogP contribution is 2.10. The van der Waals surface area contributed by atoms with Crippen LogP contribution >= 0.6 is 11.3 Å². The van der Waals surface area contributed by atoms with Crippen LogP contribution in [0.4, 0.5) is 0 Å². The fraction of sp³-hybridized carbons (Fsp3) is 0.250. The molecule has 17 heavy (non-hydrogen) atoms. The van der Waals surface area contributed by atoms with Gasteiger partial charge in [-0.25, -0.2) is 4.79 Å². The van der Waals surface area contributed by atoms with E-state index in [0.29, 0.717) is 10.6 Å². The van der Waals surface area contributed by atoms with Crippen LogP contribution in [0.2, 0.25) is 0 Å². The topological polar surface area (TPSA) is 52.0 Å². The summed E-state index contributed by atoms with van der Waals surface area (Å²) >= 11 is 1.38. The van der Waals surface area contributed by atoms with Crippen LogP contribution in [0.15, 0.2) is 28.4 Å². The SMILES string of the molecule is Cc1cc(C)n(CC(=O)c2cccs2)c(=O)n1. The number of ketones is 1. The van der Waals surface area contributed by atoms with Gasteiger partial charge in [-0.15, -0.1) is 11.3 Å². The molecule has 2 rings (SSSR count). The highest BCUT2D eigenvalue weighted by atomic mass is 32.1. The van der Waals surface area contributed by atoms with E-state index in [1.54, 1.807) is 26.0 Å². The predicted molar refractivity (Wildman–Crippen MR) is 66.6 cm³/mol. The molecule has 0 aliphatic heterocycles. The molecule has 0 atom stereocenters. The van der Waals surface area contributed by atoms with Crippen LogP contribution in [0.3, 0.4) is 0 Å². The molecule has 2 aromatic rings. The minimum Gasteiger partial charge on any atom is -0.291 e. The maximum atomic E-state index is 11.9. The van der Waals surface area contributed by atoms with Crippen LogP contribution < -0.4 is 5.69 Å². The zero-order chi connectivity index (χ0) is 12.4. The molecule has 0 saturated carbocycles. The molecular formula is C12H12N2O2S. The van der Waals surface area contributed by atoms with Gasteiger partial charge in [0.1, 0.15) is 0 Å². The lowest BCUT2D eigenvalue weighted by molar-refractivity contribution is 0.0973. The van der Waals surface area contributed by atoms with Crippen molar-refractivity contribution in [3.8, 4) is 0 Å². The van der Waals surface area contributed by atoms with Gasteiger partial charge in [-0.2, -0.15) is 4.98 Å². The number of aromatic nitrogens is 2. The number of nitrogens with zero attached hydrogens (tertiary/aromatic N) is 2. The predicted octanol–water partition coefficient (Wildman–Crippen LogP) is 1.80. The van der Waals surface area contributed by atoms with Gasteiger partial charge in [0.2, 0.25) is 0 Å². The molecule has 0 amide bonds. The van der Waals surface area contributed by atoms with Crippen LogP contribution in [0, 0.1) is 13.8 Å². The largest absolute Gasteiger partial charge is 0.348 e. The van der Waals surface area contributed by atoms with Crippen LogP contribution in [0.5, 0.6) is 0 Å². The first kappa shape index (κ1) is 11.7. The number of hydrogen-bond donors (Lipinski definition) is 0. The summed E-state index contributed by atoms with van der Waals surface area (Å²) in [4.78, 5) is 28.0. The van der Waals surface area contributed by atoms with Gasteiger partial charge in [0.15, 0.2) is 5.78 Å². The molecule has 0 radical (unpaired) electrons. The first-order valence-electron chi connectivity index (χ1n) is 5.19. The van der Waals surface area contributed by atoms with Gasteiger partial charge in [-0.1, -0.05) is 6.07 Å². The van der Waals surface area contributed by atoms with Crippen LogP contribution in [-0.2, 0) is 6.54 Å². The third kappa shape index (κ3) is 2.50. The second kappa shape index (κ2) is 4.63. The summed E-state index contributed by atoms with van der Waals surface area (Å²) in [7, 11) is 0. The van der Waals surface area contributed by atoms with Crippen molar-refractivity contribution >= 4 is 17.1 Å². The van der Waals surface area contributed by atoms with E-state index >= 15 is 0 Å². The first-order valence-corrected chi connectivity index (χ1v) is 6.07. The van der Waals surface area contributed by atoms with Crippen molar-refractivity contribution in [2.45, 2.75) is 20.4 Å². The fourth-order valence-corrected chi connectivity index (χ4v) is 2.28. The fourth-order valence-electron chi connectivity index (χ4n) is 1.63. The molecule has 0 spiro atoms. The number of hydrogen-bond acceptors (Lipinski definition) is 4. The Morgan fingerprint density at radius 3 is 2.82 bits per heavy atom. The molecule has 5 heteroatoms. The number of rotatable bonds is 3. The summed E-state index contributed by atoms with van der Waals surface area (Å²) in [5, 5.41) is 1.84. The van der Waals surface area contributed by atoms with Crippen molar-refractivity contribution in [1.82, 2.24) is 9.55 Å². The molecule has 88 valence electrons. The third-order valence-electron chi connectivity index (χ3n) is 2.44. The van der Waals surface area contributed by atoms with Gasteiger partial charge in [0.05, 0.1) is 11.4 Å². The van der Waals surface area contributed by atoms with Crippen molar-refractivity contribution in [1.29, 1.82) is 0 Å². The maximum absolute atomic E-state index is 11.9. The Bertz CT molecular complexity index is 599. The molecule has 0 N–H and O–H groups in total. The van der Waals surface area contributed by atoms with Gasteiger partial charge < -0.3 is 0 Å². The number of carbonyl (C=O) groups is 1. The molecule has 4 nitrogen and oxygen atoms in total.